The van der Waals surface area contributed by atoms with Gasteiger partial charge in [-0.2, -0.15) is 13.2 Å². The summed E-state index contributed by atoms with van der Waals surface area (Å²) in [7, 11) is 1.91. The zero-order valence-electron chi connectivity index (χ0n) is 16.6. The summed E-state index contributed by atoms with van der Waals surface area (Å²) in [5.74, 6) is 0.621. The topological polar surface area (TPSA) is 29.0 Å². The van der Waals surface area contributed by atoms with Crippen molar-refractivity contribution >= 4 is 16.6 Å². The van der Waals surface area contributed by atoms with Crippen LogP contribution in [0.15, 0.2) is 78.9 Å². The molecule has 1 heterocycles. The molecule has 152 valence electrons. The molecular formula is C24H20F3N3. The average molecular weight is 407 g/mol. The predicted molar refractivity (Wildman–Crippen MR) is 113 cm³/mol. The lowest BCUT2D eigenvalue weighted by molar-refractivity contribution is -0.137. The van der Waals surface area contributed by atoms with Crippen LogP contribution in [0.4, 0.5) is 19.0 Å². The molecule has 30 heavy (non-hydrogen) atoms. The molecule has 0 bridgehead atoms. The fraction of sp³-hybridized carbons (Fsp3) is 0.167. The van der Waals surface area contributed by atoms with Crippen LogP contribution in [0.1, 0.15) is 24.1 Å². The van der Waals surface area contributed by atoms with Crippen LogP contribution in [0.2, 0.25) is 0 Å². The Morgan fingerprint density at radius 3 is 2.07 bits per heavy atom. The molecular weight excluding hydrogens is 387 g/mol. The Hall–Kier alpha value is -3.41. The van der Waals surface area contributed by atoms with E-state index in [1.54, 1.807) is 18.2 Å². The van der Waals surface area contributed by atoms with Gasteiger partial charge in [-0.05, 0) is 18.6 Å². The summed E-state index contributed by atoms with van der Waals surface area (Å²) in [6.07, 6.45) is -4.48. The maximum atomic E-state index is 13.6. The summed E-state index contributed by atoms with van der Waals surface area (Å²) < 4.78 is 40.7. The van der Waals surface area contributed by atoms with Crippen LogP contribution in [-0.2, 0) is 6.18 Å². The monoisotopic (exact) mass is 407 g/mol. The number of nitrogens with zero attached hydrogens (tertiary/aromatic N) is 3. The van der Waals surface area contributed by atoms with Crippen molar-refractivity contribution in [2.24, 2.45) is 0 Å². The number of benzene rings is 3. The summed E-state index contributed by atoms with van der Waals surface area (Å²) in [5, 5.41) is 10.0. The second kappa shape index (κ2) is 7.78. The normalized spacial score (nSPS) is 12.7. The first-order valence-corrected chi connectivity index (χ1v) is 9.57. The summed E-state index contributed by atoms with van der Waals surface area (Å²) in [4.78, 5) is 1.99. The molecule has 0 N–H and O–H groups in total. The summed E-state index contributed by atoms with van der Waals surface area (Å²) in [5.41, 5.74) is 0.641. The van der Waals surface area contributed by atoms with E-state index in [4.69, 9.17) is 0 Å². The molecule has 0 fully saturated rings. The van der Waals surface area contributed by atoms with E-state index in [1.807, 2.05) is 54.4 Å². The van der Waals surface area contributed by atoms with Crippen molar-refractivity contribution in [3.8, 4) is 11.3 Å². The minimum atomic E-state index is -4.48. The van der Waals surface area contributed by atoms with Gasteiger partial charge in [0.25, 0.3) is 0 Å². The van der Waals surface area contributed by atoms with Gasteiger partial charge in [-0.15, -0.1) is 10.2 Å². The van der Waals surface area contributed by atoms with Crippen molar-refractivity contribution in [3.05, 3.63) is 90.0 Å². The molecule has 0 saturated heterocycles. The van der Waals surface area contributed by atoms with Gasteiger partial charge < -0.3 is 4.90 Å². The Bertz CT molecular complexity index is 1170. The number of hydrogen-bond acceptors (Lipinski definition) is 3. The number of rotatable bonds is 4. The molecule has 0 aliphatic rings. The lowest BCUT2D eigenvalue weighted by Gasteiger charge is -2.27. The highest BCUT2D eigenvalue weighted by molar-refractivity contribution is 6.00. The second-order valence-electron chi connectivity index (χ2n) is 7.16. The molecule has 3 nitrogen and oxygen atoms in total. The maximum Gasteiger partial charge on any atom is 0.417 e. The van der Waals surface area contributed by atoms with E-state index in [0.29, 0.717) is 11.2 Å². The fourth-order valence-corrected chi connectivity index (χ4v) is 3.62. The first-order chi connectivity index (χ1) is 14.4. The van der Waals surface area contributed by atoms with E-state index in [-0.39, 0.29) is 17.3 Å². The van der Waals surface area contributed by atoms with E-state index in [1.165, 1.54) is 12.1 Å². The number of aromatic nitrogens is 2. The van der Waals surface area contributed by atoms with E-state index in [2.05, 4.69) is 17.1 Å². The number of anilines is 1. The summed E-state index contributed by atoms with van der Waals surface area (Å²) in [6, 6.07) is 22.8. The Morgan fingerprint density at radius 1 is 0.767 bits per heavy atom. The van der Waals surface area contributed by atoms with Gasteiger partial charge >= 0.3 is 6.18 Å². The lowest BCUT2D eigenvalue weighted by atomic mass is 9.99. The Labute approximate surface area is 172 Å². The first kappa shape index (κ1) is 19.9. The van der Waals surface area contributed by atoms with Crippen molar-refractivity contribution in [3.63, 3.8) is 0 Å². The van der Waals surface area contributed by atoms with Crippen LogP contribution in [0.25, 0.3) is 22.0 Å². The van der Waals surface area contributed by atoms with E-state index in [0.717, 1.165) is 17.0 Å². The third kappa shape index (κ3) is 3.61. The Kier molecular flexibility index (Phi) is 5.16. The van der Waals surface area contributed by atoms with Gasteiger partial charge in [-0.25, -0.2) is 0 Å². The summed E-state index contributed by atoms with van der Waals surface area (Å²) >= 11 is 0. The zero-order valence-corrected chi connectivity index (χ0v) is 16.6. The van der Waals surface area contributed by atoms with Crippen molar-refractivity contribution in [1.29, 1.82) is 0 Å². The molecule has 0 radical (unpaired) electrons. The van der Waals surface area contributed by atoms with Gasteiger partial charge in [0.2, 0.25) is 0 Å². The first-order valence-electron chi connectivity index (χ1n) is 9.57. The highest BCUT2D eigenvalue weighted by atomic mass is 19.4. The molecule has 0 saturated carbocycles. The highest BCUT2D eigenvalue weighted by Gasteiger charge is 2.34. The molecule has 0 amide bonds. The molecule has 4 rings (SSSR count). The molecule has 6 heteroatoms. The molecule has 3 aromatic carbocycles. The van der Waals surface area contributed by atoms with Crippen LogP contribution in [0, 0.1) is 0 Å². The van der Waals surface area contributed by atoms with Crippen LogP contribution in [0.5, 0.6) is 0 Å². The molecule has 1 aromatic heterocycles. The smallest absolute Gasteiger partial charge is 0.351 e. The number of hydrogen-bond donors (Lipinski definition) is 0. The third-order valence-electron chi connectivity index (χ3n) is 5.35. The second-order valence-corrected chi connectivity index (χ2v) is 7.16. The van der Waals surface area contributed by atoms with E-state index in [9.17, 15) is 13.2 Å². The number of alkyl halides is 3. The third-order valence-corrected chi connectivity index (χ3v) is 5.35. The van der Waals surface area contributed by atoms with E-state index >= 15 is 0 Å². The Morgan fingerprint density at radius 2 is 1.37 bits per heavy atom. The predicted octanol–water partition coefficient (Wildman–Crippen LogP) is 6.51. The van der Waals surface area contributed by atoms with Crippen molar-refractivity contribution in [1.82, 2.24) is 10.2 Å². The van der Waals surface area contributed by atoms with Gasteiger partial charge in [0, 0.05) is 23.4 Å². The molecule has 0 aliphatic carbocycles. The fourth-order valence-electron chi connectivity index (χ4n) is 3.62. The van der Waals surface area contributed by atoms with Gasteiger partial charge in [-0.1, -0.05) is 72.8 Å². The van der Waals surface area contributed by atoms with Gasteiger partial charge in [-0.3, -0.25) is 0 Å². The SMILES string of the molecule is CC(c1ccccc1)N(C)c1nnc(-c2ccccc2C(F)(F)F)c2ccccc12. The molecule has 1 unspecified atom stereocenters. The average Bonchev–Trinajstić information content (AvgIpc) is 2.77. The van der Waals surface area contributed by atoms with Gasteiger partial charge in [0.1, 0.15) is 5.69 Å². The van der Waals surface area contributed by atoms with Gasteiger partial charge in [0.15, 0.2) is 5.82 Å². The Balaban J connectivity index is 1.87. The molecule has 0 spiro atoms. The standard InChI is InChI=1S/C24H20F3N3/c1-16(17-10-4-3-5-11-17)30(2)23-19-13-7-6-12-18(19)22(28-29-23)20-14-8-9-15-21(20)24(25,26)27/h3-16H,1-2H3. The molecule has 4 aromatic rings. The lowest BCUT2D eigenvalue weighted by Crippen LogP contribution is -2.23. The number of fused-ring (bicyclic) bond motifs is 1. The van der Waals surface area contributed by atoms with Crippen molar-refractivity contribution in [2.45, 2.75) is 19.1 Å². The van der Waals surface area contributed by atoms with Crippen molar-refractivity contribution < 1.29 is 13.2 Å². The van der Waals surface area contributed by atoms with Crippen LogP contribution >= 0.6 is 0 Å². The summed E-state index contributed by atoms with van der Waals surface area (Å²) in [6.45, 7) is 2.05. The van der Waals surface area contributed by atoms with Crippen LogP contribution < -0.4 is 4.90 Å². The van der Waals surface area contributed by atoms with Gasteiger partial charge in [0.05, 0.1) is 11.6 Å². The zero-order chi connectivity index (χ0) is 21.3. The minimum Gasteiger partial charge on any atom is -0.351 e. The molecule has 0 aliphatic heterocycles. The van der Waals surface area contributed by atoms with Crippen LogP contribution in [0.3, 0.4) is 0 Å². The molecule has 1 atom stereocenters. The van der Waals surface area contributed by atoms with Crippen molar-refractivity contribution in [2.75, 3.05) is 11.9 Å². The minimum absolute atomic E-state index is 0.0113. The quantitative estimate of drug-likeness (QED) is 0.386. The van der Waals surface area contributed by atoms with E-state index < -0.39 is 11.7 Å². The highest BCUT2D eigenvalue weighted by Crippen LogP contribution is 2.40. The maximum absolute atomic E-state index is 13.6. The largest absolute Gasteiger partial charge is 0.417 e. The number of halogens is 3. The van der Waals surface area contributed by atoms with Crippen LogP contribution in [-0.4, -0.2) is 17.2 Å².